The van der Waals surface area contributed by atoms with Crippen LogP contribution in [0.1, 0.15) is 6.42 Å². The number of nitrogens with zero attached hydrogens (tertiary/aromatic N) is 1. The Morgan fingerprint density at radius 2 is 2.27 bits per heavy atom. The number of hydrogen-bond acceptors (Lipinski definition) is 3. The summed E-state index contributed by atoms with van der Waals surface area (Å²) in [6.45, 7) is 1.81. The van der Waals surface area contributed by atoms with Gasteiger partial charge in [0.2, 0.25) is 5.91 Å². The van der Waals surface area contributed by atoms with Crippen molar-refractivity contribution in [2.24, 2.45) is 5.73 Å². The van der Waals surface area contributed by atoms with Crippen molar-refractivity contribution < 1.29 is 4.79 Å². The van der Waals surface area contributed by atoms with E-state index in [1.807, 2.05) is 7.05 Å². The maximum Gasteiger partial charge on any atom is 0.236 e. The van der Waals surface area contributed by atoms with E-state index in [0.29, 0.717) is 0 Å². The molecule has 0 unspecified atom stereocenters. The second kappa shape index (κ2) is 6.12. The molecule has 0 heterocycles. The molecule has 0 aromatic heterocycles. The Morgan fingerprint density at radius 3 is 2.73 bits per heavy atom. The molecule has 0 atom stereocenters. The SMILES string of the molecule is CNCCCN(C)C(=O)CN. The molecule has 0 saturated carbocycles. The van der Waals surface area contributed by atoms with Gasteiger partial charge < -0.3 is 16.0 Å². The molecule has 0 aliphatic rings. The van der Waals surface area contributed by atoms with Crippen molar-refractivity contribution in [3.63, 3.8) is 0 Å². The molecule has 0 fully saturated rings. The third-order valence-corrected chi connectivity index (χ3v) is 1.52. The lowest BCUT2D eigenvalue weighted by Gasteiger charge is -2.15. The summed E-state index contributed by atoms with van der Waals surface area (Å²) in [5, 5.41) is 3.01. The Morgan fingerprint density at radius 1 is 1.64 bits per heavy atom. The van der Waals surface area contributed by atoms with Gasteiger partial charge in [0.1, 0.15) is 0 Å². The Balaban J connectivity index is 3.36. The topological polar surface area (TPSA) is 58.4 Å². The van der Waals surface area contributed by atoms with Gasteiger partial charge in [0.25, 0.3) is 0 Å². The van der Waals surface area contributed by atoms with Gasteiger partial charge in [-0.2, -0.15) is 0 Å². The van der Waals surface area contributed by atoms with Gasteiger partial charge in [-0.1, -0.05) is 0 Å². The Kier molecular flexibility index (Phi) is 5.78. The largest absolute Gasteiger partial charge is 0.345 e. The Bertz CT molecular complexity index is 116. The first-order chi connectivity index (χ1) is 5.22. The van der Waals surface area contributed by atoms with E-state index < -0.39 is 0 Å². The fourth-order valence-corrected chi connectivity index (χ4v) is 0.774. The lowest BCUT2D eigenvalue weighted by Crippen LogP contribution is -2.34. The second-order valence-electron chi connectivity index (χ2n) is 2.48. The van der Waals surface area contributed by atoms with E-state index in [2.05, 4.69) is 5.32 Å². The minimum absolute atomic E-state index is 0.00102. The first kappa shape index (κ1) is 10.4. The van der Waals surface area contributed by atoms with E-state index in [1.165, 1.54) is 0 Å². The van der Waals surface area contributed by atoms with Gasteiger partial charge in [0, 0.05) is 13.6 Å². The molecular formula is C7H17N3O. The molecule has 0 aliphatic carbocycles. The molecule has 0 rings (SSSR count). The summed E-state index contributed by atoms with van der Waals surface area (Å²) in [6.07, 6.45) is 0.971. The maximum absolute atomic E-state index is 10.9. The number of carbonyl (C=O) groups excluding carboxylic acids is 1. The van der Waals surface area contributed by atoms with Crippen LogP contribution in [0.25, 0.3) is 0 Å². The number of rotatable bonds is 5. The lowest BCUT2D eigenvalue weighted by molar-refractivity contribution is -0.128. The van der Waals surface area contributed by atoms with Gasteiger partial charge in [0.15, 0.2) is 0 Å². The molecule has 0 aliphatic heterocycles. The average molecular weight is 159 g/mol. The van der Waals surface area contributed by atoms with Crippen LogP contribution in [-0.2, 0) is 4.79 Å². The predicted molar refractivity (Wildman–Crippen MR) is 45.2 cm³/mol. The molecule has 0 aromatic rings. The molecule has 3 N–H and O–H groups in total. The number of nitrogens with two attached hydrogens (primary N) is 1. The molecule has 0 radical (unpaired) electrons. The zero-order chi connectivity index (χ0) is 8.69. The lowest BCUT2D eigenvalue weighted by atomic mass is 10.4. The maximum atomic E-state index is 10.9. The van der Waals surface area contributed by atoms with Crippen LogP contribution in [0, 0.1) is 0 Å². The van der Waals surface area contributed by atoms with Crippen LogP contribution < -0.4 is 11.1 Å². The zero-order valence-electron chi connectivity index (χ0n) is 7.26. The summed E-state index contributed by atoms with van der Waals surface area (Å²) < 4.78 is 0. The summed E-state index contributed by atoms with van der Waals surface area (Å²) in [4.78, 5) is 12.5. The summed E-state index contributed by atoms with van der Waals surface area (Å²) in [6, 6.07) is 0. The fraction of sp³-hybridized carbons (Fsp3) is 0.857. The van der Waals surface area contributed by atoms with Crippen molar-refractivity contribution in [3.05, 3.63) is 0 Å². The Labute approximate surface area is 67.7 Å². The van der Waals surface area contributed by atoms with Crippen LogP contribution in [-0.4, -0.2) is 44.5 Å². The molecule has 66 valence electrons. The van der Waals surface area contributed by atoms with E-state index in [0.717, 1.165) is 19.5 Å². The molecule has 4 nitrogen and oxygen atoms in total. The van der Waals surface area contributed by atoms with Crippen molar-refractivity contribution in [2.75, 3.05) is 33.7 Å². The monoisotopic (exact) mass is 159 g/mol. The van der Waals surface area contributed by atoms with Crippen LogP contribution in [0.5, 0.6) is 0 Å². The number of nitrogens with one attached hydrogen (secondary N) is 1. The van der Waals surface area contributed by atoms with Crippen LogP contribution in [0.2, 0.25) is 0 Å². The van der Waals surface area contributed by atoms with Crippen molar-refractivity contribution in [2.45, 2.75) is 6.42 Å². The third-order valence-electron chi connectivity index (χ3n) is 1.52. The average Bonchev–Trinajstić information content (AvgIpc) is 2.03. The highest BCUT2D eigenvalue weighted by Crippen LogP contribution is 1.85. The van der Waals surface area contributed by atoms with Crippen LogP contribution in [0.3, 0.4) is 0 Å². The number of hydrogen-bond donors (Lipinski definition) is 2. The summed E-state index contributed by atoms with van der Waals surface area (Å²) in [5.74, 6) is 0.00102. The second-order valence-corrected chi connectivity index (χ2v) is 2.48. The molecule has 0 saturated heterocycles. The minimum Gasteiger partial charge on any atom is -0.345 e. The van der Waals surface area contributed by atoms with Gasteiger partial charge >= 0.3 is 0 Å². The predicted octanol–water partition coefficient (Wildman–Crippen LogP) is -0.987. The summed E-state index contributed by atoms with van der Waals surface area (Å²) in [5.41, 5.74) is 5.17. The molecular weight excluding hydrogens is 142 g/mol. The standard InChI is InChI=1S/C7H17N3O/c1-9-4-3-5-10(2)7(11)6-8/h9H,3-6,8H2,1-2H3. The molecule has 0 aromatic carbocycles. The quantitative estimate of drug-likeness (QED) is 0.507. The highest BCUT2D eigenvalue weighted by Gasteiger charge is 2.03. The van der Waals surface area contributed by atoms with Crippen molar-refractivity contribution in [3.8, 4) is 0 Å². The number of carbonyl (C=O) groups is 1. The van der Waals surface area contributed by atoms with E-state index >= 15 is 0 Å². The summed E-state index contributed by atoms with van der Waals surface area (Å²) >= 11 is 0. The van der Waals surface area contributed by atoms with Crippen molar-refractivity contribution in [1.82, 2.24) is 10.2 Å². The summed E-state index contributed by atoms with van der Waals surface area (Å²) in [7, 11) is 3.66. The van der Waals surface area contributed by atoms with Crippen molar-refractivity contribution in [1.29, 1.82) is 0 Å². The minimum atomic E-state index is 0.00102. The smallest absolute Gasteiger partial charge is 0.236 e. The van der Waals surface area contributed by atoms with Gasteiger partial charge in [-0.15, -0.1) is 0 Å². The van der Waals surface area contributed by atoms with Gasteiger partial charge in [0.05, 0.1) is 6.54 Å². The highest BCUT2D eigenvalue weighted by molar-refractivity contribution is 5.77. The van der Waals surface area contributed by atoms with E-state index in [9.17, 15) is 4.79 Å². The van der Waals surface area contributed by atoms with E-state index in [-0.39, 0.29) is 12.5 Å². The molecule has 0 bridgehead atoms. The molecule has 1 amide bonds. The van der Waals surface area contributed by atoms with Crippen LogP contribution in [0.15, 0.2) is 0 Å². The van der Waals surface area contributed by atoms with E-state index in [4.69, 9.17) is 5.73 Å². The van der Waals surface area contributed by atoms with Crippen molar-refractivity contribution >= 4 is 5.91 Å². The zero-order valence-corrected chi connectivity index (χ0v) is 7.26. The van der Waals surface area contributed by atoms with Gasteiger partial charge in [-0.05, 0) is 20.0 Å². The third kappa shape index (κ3) is 4.75. The Hall–Kier alpha value is -0.610. The molecule has 0 spiro atoms. The normalized spacial score (nSPS) is 9.73. The van der Waals surface area contributed by atoms with Gasteiger partial charge in [-0.3, -0.25) is 4.79 Å². The highest BCUT2D eigenvalue weighted by atomic mass is 16.2. The molecule has 4 heteroatoms. The molecule has 11 heavy (non-hydrogen) atoms. The van der Waals surface area contributed by atoms with E-state index in [1.54, 1.807) is 11.9 Å². The first-order valence-electron chi connectivity index (χ1n) is 3.81. The van der Waals surface area contributed by atoms with Crippen LogP contribution in [0.4, 0.5) is 0 Å². The fourth-order valence-electron chi connectivity index (χ4n) is 0.774. The van der Waals surface area contributed by atoms with Gasteiger partial charge in [-0.25, -0.2) is 0 Å². The van der Waals surface area contributed by atoms with Crippen LogP contribution >= 0.6 is 0 Å². The number of likely N-dealkylation sites (N-methyl/N-ethyl adjacent to an activating group) is 1. The first-order valence-corrected chi connectivity index (χ1v) is 3.81. The number of amides is 1.